The fraction of sp³-hybridized carbons (Fsp3) is 0.556. The number of phenols is 1. The summed E-state index contributed by atoms with van der Waals surface area (Å²) in [6, 6.07) is 5.90. The molecule has 1 aromatic carbocycles. The van der Waals surface area contributed by atoms with Gasteiger partial charge < -0.3 is 10.2 Å². The van der Waals surface area contributed by atoms with E-state index in [-0.39, 0.29) is 11.5 Å². The number of aromatic hydroxyl groups is 1. The SMILES string of the molecule is CC12CCC3c4ccc(O)cc4CCC3C1C=C[C@@H]2O. The molecule has 2 N–H and O–H groups in total. The van der Waals surface area contributed by atoms with Crippen LogP contribution in [0.3, 0.4) is 0 Å². The van der Waals surface area contributed by atoms with Gasteiger partial charge in [0.1, 0.15) is 5.75 Å². The van der Waals surface area contributed by atoms with Gasteiger partial charge in [-0.1, -0.05) is 25.1 Å². The van der Waals surface area contributed by atoms with Gasteiger partial charge in [0.15, 0.2) is 0 Å². The van der Waals surface area contributed by atoms with Crippen molar-refractivity contribution in [2.45, 2.75) is 44.6 Å². The molecule has 0 spiro atoms. The van der Waals surface area contributed by atoms with Gasteiger partial charge >= 0.3 is 0 Å². The quantitative estimate of drug-likeness (QED) is 0.709. The van der Waals surface area contributed by atoms with E-state index in [0.29, 0.717) is 23.5 Å². The molecule has 1 fully saturated rings. The summed E-state index contributed by atoms with van der Waals surface area (Å²) in [6.07, 6.45) is 8.50. The molecule has 0 aliphatic heterocycles. The van der Waals surface area contributed by atoms with E-state index in [9.17, 15) is 10.2 Å². The minimum absolute atomic E-state index is 0.0512. The van der Waals surface area contributed by atoms with Crippen molar-refractivity contribution >= 4 is 0 Å². The number of benzene rings is 1. The summed E-state index contributed by atoms with van der Waals surface area (Å²) in [6.45, 7) is 2.25. The van der Waals surface area contributed by atoms with Crippen molar-refractivity contribution in [1.29, 1.82) is 0 Å². The van der Waals surface area contributed by atoms with Crippen LogP contribution in [0.2, 0.25) is 0 Å². The second kappa shape index (κ2) is 4.11. The Morgan fingerprint density at radius 2 is 2.05 bits per heavy atom. The molecule has 0 radical (unpaired) electrons. The molecule has 4 rings (SSSR count). The van der Waals surface area contributed by atoms with E-state index in [1.165, 1.54) is 17.5 Å². The normalized spacial score (nSPS) is 41.9. The highest BCUT2D eigenvalue weighted by molar-refractivity contribution is 5.40. The van der Waals surface area contributed by atoms with Crippen LogP contribution in [0.5, 0.6) is 5.75 Å². The monoisotopic (exact) mass is 270 g/mol. The third-order valence-corrected chi connectivity index (χ3v) is 6.18. The third kappa shape index (κ3) is 1.54. The molecular weight excluding hydrogens is 248 g/mol. The number of aliphatic hydroxyl groups is 1. The van der Waals surface area contributed by atoms with Gasteiger partial charge in [-0.25, -0.2) is 0 Å². The molecule has 0 amide bonds. The standard InChI is InChI=1S/C18H22O2/c1-18-9-8-14-13-5-3-12(19)10-11(13)2-4-15(14)16(18)6-7-17(18)20/h3,5-7,10,14-17,19-20H,2,4,8-9H2,1H3/t14?,15?,16?,17-,18?/m0/s1. The third-order valence-electron chi connectivity index (χ3n) is 6.18. The Hall–Kier alpha value is -1.28. The second-order valence-corrected chi connectivity index (χ2v) is 7.09. The van der Waals surface area contributed by atoms with Crippen molar-refractivity contribution in [2.24, 2.45) is 17.3 Å². The molecule has 0 saturated heterocycles. The highest BCUT2D eigenvalue weighted by Gasteiger charge is 2.52. The molecule has 3 aliphatic rings. The van der Waals surface area contributed by atoms with Crippen LogP contribution in [0.15, 0.2) is 30.4 Å². The number of aryl methyl sites for hydroxylation is 1. The lowest BCUT2D eigenvalue weighted by Gasteiger charge is -2.50. The Morgan fingerprint density at radius 1 is 1.20 bits per heavy atom. The largest absolute Gasteiger partial charge is 0.508 e. The maximum Gasteiger partial charge on any atom is 0.115 e. The minimum Gasteiger partial charge on any atom is -0.508 e. The first-order chi connectivity index (χ1) is 9.59. The first-order valence-electron chi connectivity index (χ1n) is 7.78. The van der Waals surface area contributed by atoms with Crippen molar-refractivity contribution in [3.05, 3.63) is 41.5 Å². The fourth-order valence-corrected chi connectivity index (χ4v) is 5.00. The van der Waals surface area contributed by atoms with Crippen LogP contribution in [-0.4, -0.2) is 16.3 Å². The fourth-order valence-electron chi connectivity index (χ4n) is 5.00. The summed E-state index contributed by atoms with van der Waals surface area (Å²) < 4.78 is 0. The van der Waals surface area contributed by atoms with Crippen LogP contribution < -0.4 is 0 Å². The first kappa shape index (κ1) is 12.5. The molecule has 0 aromatic heterocycles. The molecule has 4 unspecified atom stereocenters. The number of phenolic OH excluding ortho intramolecular Hbond substituents is 1. The van der Waals surface area contributed by atoms with Gasteiger partial charge in [0.05, 0.1) is 6.10 Å². The molecule has 1 aromatic rings. The maximum absolute atomic E-state index is 10.3. The smallest absolute Gasteiger partial charge is 0.115 e. The lowest BCUT2D eigenvalue weighted by Crippen LogP contribution is -2.44. The van der Waals surface area contributed by atoms with Crippen LogP contribution >= 0.6 is 0 Å². The Bertz CT molecular complexity index is 577. The molecule has 2 nitrogen and oxygen atoms in total. The summed E-state index contributed by atoms with van der Waals surface area (Å²) >= 11 is 0. The number of aliphatic hydroxyl groups excluding tert-OH is 1. The molecule has 0 heterocycles. The zero-order valence-electron chi connectivity index (χ0n) is 11.9. The summed E-state index contributed by atoms with van der Waals surface area (Å²) in [7, 11) is 0. The summed E-state index contributed by atoms with van der Waals surface area (Å²) in [5, 5.41) is 20.0. The minimum atomic E-state index is -0.269. The van der Waals surface area contributed by atoms with Crippen LogP contribution in [-0.2, 0) is 6.42 Å². The molecule has 0 bridgehead atoms. The topological polar surface area (TPSA) is 40.5 Å². The molecule has 1 saturated carbocycles. The Morgan fingerprint density at radius 3 is 2.90 bits per heavy atom. The Labute approximate surface area is 120 Å². The number of hydrogen-bond acceptors (Lipinski definition) is 2. The van der Waals surface area contributed by atoms with Gasteiger partial charge in [0.25, 0.3) is 0 Å². The Balaban J connectivity index is 1.73. The second-order valence-electron chi connectivity index (χ2n) is 7.09. The van der Waals surface area contributed by atoms with E-state index in [1.54, 1.807) is 0 Å². The van der Waals surface area contributed by atoms with Crippen molar-refractivity contribution in [1.82, 2.24) is 0 Å². The van der Waals surface area contributed by atoms with Crippen molar-refractivity contribution in [2.75, 3.05) is 0 Å². The first-order valence-corrected chi connectivity index (χ1v) is 7.78. The Kier molecular flexibility index (Phi) is 2.56. The van der Waals surface area contributed by atoms with E-state index in [0.717, 1.165) is 19.3 Å². The van der Waals surface area contributed by atoms with Gasteiger partial charge in [-0.05, 0) is 66.7 Å². The van der Waals surface area contributed by atoms with E-state index in [1.807, 2.05) is 18.2 Å². The summed E-state index contributed by atoms with van der Waals surface area (Å²) in [4.78, 5) is 0. The predicted octanol–water partition coefficient (Wildman–Crippen LogP) is 3.39. The van der Waals surface area contributed by atoms with Crippen LogP contribution in [0.4, 0.5) is 0 Å². The van der Waals surface area contributed by atoms with Gasteiger partial charge in [-0.15, -0.1) is 0 Å². The van der Waals surface area contributed by atoms with Crippen molar-refractivity contribution in [3.63, 3.8) is 0 Å². The molecule has 3 aliphatic carbocycles. The van der Waals surface area contributed by atoms with Crippen LogP contribution in [0.1, 0.15) is 43.2 Å². The van der Waals surface area contributed by atoms with E-state index in [4.69, 9.17) is 0 Å². The number of fused-ring (bicyclic) bond motifs is 5. The summed E-state index contributed by atoms with van der Waals surface area (Å²) in [5.41, 5.74) is 2.82. The van der Waals surface area contributed by atoms with Gasteiger partial charge in [-0.2, -0.15) is 0 Å². The maximum atomic E-state index is 10.3. The van der Waals surface area contributed by atoms with Gasteiger partial charge in [0, 0.05) is 5.41 Å². The van der Waals surface area contributed by atoms with Crippen LogP contribution in [0, 0.1) is 17.3 Å². The molecular formula is C18H22O2. The zero-order valence-corrected chi connectivity index (χ0v) is 11.9. The molecule has 106 valence electrons. The van der Waals surface area contributed by atoms with E-state index in [2.05, 4.69) is 19.1 Å². The lowest BCUT2D eigenvalue weighted by atomic mass is 9.55. The highest BCUT2D eigenvalue weighted by Crippen LogP contribution is 2.58. The van der Waals surface area contributed by atoms with Crippen LogP contribution in [0.25, 0.3) is 0 Å². The molecule has 2 heteroatoms. The number of allylic oxidation sites excluding steroid dienone is 1. The van der Waals surface area contributed by atoms with Crippen molar-refractivity contribution in [3.8, 4) is 5.75 Å². The van der Waals surface area contributed by atoms with Gasteiger partial charge in [0.2, 0.25) is 0 Å². The van der Waals surface area contributed by atoms with Crippen molar-refractivity contribution < 1.29 is 10.2 Å². The number of rotatable bonds is 0. The average molecular weight is 270 g/mol. The summed E-state index contributed by atoms with van der Waals surface area (Å²) in [5.74, 6) is 2.16. The van der Waals surface area contributed by atoms with E-state index < -0.39 is 0 Å². The lowest BCUT2D eigenvalue weighted by molar-refractivity contribution is -0.0101. The van der Waals surface area contributed by atoms with E-state index >= 15 is 0 Å². The average Bonchev–Trinajstić information content (AvgIpc) is 2.74. The number of hydrogen-bond donors (Lipinski definition) is 2. The molecule has 5 atom stereocenters. The highest BCUT2D eigenvalue weighted by atomic mass is 16.3. The molecule has 20 heavy (non-hydrogen) atoms. The zero-order chi connectivity index (χ0) is 13.9. The van der Waals surface area contributed by atoms with Gasteiger partial charge in [-0.3, -0.25) is 0 Å². The predicted molar refractivity (Wildman–Crippen MR) is 78.6 cm³/mol.